The lowest BCUT2D eigenvalue weighted by atomic mass is 10.0. The Morgan fingerprint density at radius 1 is 1.44 bits per heavy atom. The van der Waals surface area contributed by atoms with Crippen molar-refractivity contribution in [3.8, 4) is 0 Å². The highest BCUT2D eigenvalue weighted by Gasteiger charge is 2.21. The summed E-state index contributed by atoms with van der Waals surface area (Å²) >= 11 is 3.32. The van der Waals surface area contributed by atoms with E-state index in [-0.39, 0.29) is 17.6 Å². The van der Waals surface area contributed by atoms with Gasteiger partial charge in [-0.1, -0.05) is 19.3 Å². The fourth-order valence-electron chi connectivity index (χ4n) is 2.33. The van der Waals surface area contributed by atoms with Crippen LogP contribution in [0.2, 0.25) is 0 Å². The van der Waals surface area contributed by atoms with Gasteiger partial charge in [-0.15, -0.1) is 0 Å². The number of hydrogen-bond donors (Lipinski definition) is 2. The summed E-state index contributed by atoms with van der Waals surface area (Å²) < 4.78 is 1.83. The van der Waals surface area contributed by atoms with Crippen molar-refractivity contribution in [1.82, 2.24) is 9.78 Å². The molecule has 1 aliphatic rings. The zero-order valence-electron chi connectivity index (χ0n) is 10.5. The number of aromatic nitrogens is 2. The minimum absolute atomic E-state index is 0.137. The van der Waals surface area contributed by atoms with Gasteiger partial charge < -0.3 is 11.1 Å². The summed E-state index contributed by atoms with van der Waals surface area (Å²) in [6.07, 6.45) is 7.36. The molecular formula is C12H19BrN4O. The molecule has 1 heterocycles. The molecule has 5 nitrogen and oxygen atoms in total. The molecule has 0 amide bonds. The summed E-state index contributed by atoms with van der Waals surface area (Å²) in [5.41, 5.74) is 6.76. The molecule has 1 aliphatic carbocycles. The molecule has 2 unspecified atom stereocenters. The van der Waals surface area contributed by atoms with Crippen LogP contribution < -0.4 is 16.6 Å². The van der Waals surface area contributed by atoms with E-state index in [0.29, 0.717) is 4.47 Å². The minimum Gasteiger partial charge on any atom is -0.378 e. The van der Waals surface area contributed by atoms with Crippen molar-refractivity contribution in [2.24, 2.45) is 12.8 Å². The number of nitrogens with one attached hydrogen (secondary N) is 1. The van der Waals surface area contributed by atoms with E-state index in [1.54, 1.807) is 13.2 Å². The molecule has 2 rings (SSSR count). The number of rotatable bonds is 2. The highest BCUT2D eigenvalue weighted by atomic mass is 79.9. The number of nitrogens with zero attached hydrogens (tertiary/aromatic N) is 2. The van der Waals surface area contributed by atoms with E-state index < -0.39 is 0 Å². The van der Waals surface area contributed by atoms with Gasteiger partial charge in [0.2, 0.25) is 0 Å². The van der Waals surface area contributed by atoms with E-state index in [2.05, 4.69) is 26.3 Å². The first kappa shape index (κ1) is 13.5. The van der Waals surface area contributed by atoms with E-state index in [0.717, 1.165) is 18.5 Å². The number of halogens is 1. The quantitative estimate of drug-likeness (QED) is 0.814. The molecule has 0 spiro atoms. The van der Waals surface area contributed by atoms with Crippen molar-refractivity contribution in [2.45, 2.75) is 44.2 Å². The Bertz CT molecular complexity index is 474. The largest absolute Gasteiger partial charge is 0.378 e. The smallest absolute Gasteiger partial charge is 0.282 e. The number of aryl methyl sites for hydroxylation is 1. The predicted molar refractivity (Wildman–Crippen MR) is 75.6 cm³/mol. The average molecular weight is 315 g/mol. The van der Waals surface area contributed by atoms with Crippen LogP contribution in [0.4, 0.5) is 5.69 Å². The van der Waals surface area contributed by atoms with Crippen LogP contribution in [-0.2, 0) is 7.05 Å². The Hall–Kier alpha value is -0.880. The molecule has 1 aromatic heterocycles. The van der Waals surface area contributed by atoms with E-state index in [1.165, 1.54) is 23.9 Å². The van der Waals surface area contributed by atoms with E-state index in [1.807, 2.05) is 0 Å². The van der Waals surface area contributed by atoms with Crippen molar-refractivity contribution in [3.63, 3.8) is 0 Å². The zero-order valence-corrected chi connectivity index (χ0v) is 12.1. The van der Waals surface area contributed by atoms with Crippen LogP contribution in [0.25, 0.3) is 0 Å². The molecule has 1 saturated carbocycles. The average Bonchev–Trinajstić information content (AvgIpc) is 2.56. The molecule has 0 aliphatic heterocycles. The lowest BCUT2D eigenvalue weighted by Crippen LogP contribution is -2.39. The Kier molecular flexibility index (Phi) is 4.40. The van der Waals surface area contributed by atoms with Gasteiger partial charge in [0.05, 0.1) is 11.9 Å². The maximum absolute atomic E-state index is 11.8. The van der Waals surface area contributed by atoms with Crippen LogP contribution in [0.1, 0.15) is 32.1 Å². The first-order valence-corrected chi connectivity index (χ1v) is 7.13. The molecule has 0 aromatic carbocycles. The van der Waals surface area contributed by atoms with Gasteiger partial charge in [0, 0.05) is 19.1 Å². The summed E-state index contributed by atoms with van der Waals surface area (Å²) in [4.78, 5) is 11.8. The third-order valence-corrected chi connectivity index (χ3v) is 4.25. The Morgan fingerprint density at radius 2 is 2.17 bits per heavy atom. The maximum Gasteiger partial charge on any atom is 0.282 e. The van der Waals surface area contributed by atoms with E-state index >= 15 is 0 Å². The van der Waals surface area contributed by atoms with Gasteiger partial charge >= 0.3 is 0 Å². The van der Waals surface area contributed by atoms with Crippen molar-refractivity contribution in [2.75, 3.05) is 5.32 Å². The summed E-state index contributed by atoms with van der Waals surface area (Å²) in [7, 11) is 1.63. The summed E-state index contributed by atoms with van der Waals surface area (Å²) in [6, 6.07) is 0.362. The van der Waals surface area contributed by atoms with Crippen LogP contribution in [0.5, 0.6) is 0 Å². The van der Waals surface area contributed by atoms with Gasteiger partial charge in [-0.25, -0.2) is 4.68 Å². The fourth-order valence-corrected chi connectivity index (χ4v) is 2.80. The predicted octanol–water partition coefficient (Wildman–Crippen LogP) is 1.61. The van der Waals surface area contributed by atoms with Crippen LogP contribution in [-0.4, -0.2) is 21.9 Å². The van der Waals surface area contributed by atoms with Crippen molar-refractivity contribution >= 4 is 21.6 Å². The second-order valence-electron chi connectivity index (χ2n) is 4.85. The standard InChI is InChI=1S/C12H19BrN4O/c1-17-12(18)11(13)10(7-15-17)16-9-6-4-2-3-5-8(9)14/h7-9,16H,2-6,14H2,1H3. The number of nitrogens with two attached hydrogens (primary N) is 1. The third kappa shape index (κ3) is 2.92. The minimum atomic E-state index is -0.137. The third-order valence-electron chi connectivity index (χ3n) is 3.49. The summed E-state index contributed by atoms with van der Waals surface area (Å²) in [5.74, 6) is 0. The topological polar surface area (TPSA) is 72.9 Å². The van der Waals surface area contributed by atoms with Gasteiger partial charge in [-0.05, 0) is 28.8 Å². The zero-order chi connectivity index (χ0) is 13.1. The molecule has 0 bridgehead atoms. The molecule has 3 N–H and O–H groups in total. The Balaban J connectivity index is 2.18. The second-order valence-corrected chi connectivity index (χ2v) is 5.65. The maximum atomic E-state index is 11.8. The van der Waals surface area contributed by atoms with E-state index in [4.69, 9.17) is 5.73 Å². The Morgan fingerprint density at radius 3 is 2.94 bits per heavy atom. The van der Waals surface area contributed by atoms with Crippen LogP contribution in [0.15, 0.2) is 15.5 Å². The molecule has 18 heavy (non-hydrogen) atoms. The van der Waals surface area contributed by atoms with E-state index in [9.17, 15) is 4.79 Å². The van der Waals surface area contributed by atoms with Crippen LogP contribution in [0, 0.1) is 0 Å². The molecule has 1 aromatic rings. The first-order chi connectivity index (χ1) is 8.59. The van der Waals surface area contributed by atoms with Crippen LogP contribution >= 0.6 is 15.9 Å². The number of hydrogen-bond acceptors (Lipinski definition) is 4. The van der Waals surface area contributed by atoms with Crippen molar-refractivity contribution in [3.05, 3.63) is 21.0 Å². The molecule has 2 atom stereocenters. The van der Waals surface area contributed by atoms with Gasteiger partial charge in [0.25, 0.3) is 5.56 Å². The van der Waals surface area contributed by atoms with Crippen molar-refractivity contribution < 1.29 is 0 Å². The van der Waals surface area contributed by atoms with Gasteiger partial charge in [0.15, 0.2) is 0 Å². The highest BCUT2D eigenvalue weighted by molar-refractivity contribution is 9.10. The lowest BCUT2D eigenvalue weighted by molar-refractivity contribution is 0.527. The molecule has 100 valence electrons. The van der Waals surface area contributed by atoms with Crippen molar-refractivity contribution in [1.29, 1.82) is 0 Å². The molecular weight excluding hydrogens is 296 g/mol. The monoisotopic (exact) mass is 314 g/mol. The fraction of sp³-hybridized carbons (Fsp3) is 0.667. The second kappa shape index (κ2) is 5.84. The first-order valence-electron chi connectivity index (χ1n) is 6.33. The normalized spacial score (nSPS) is 24.6. The van der Waals surface area contributed by atoms with Gasteiger partial charge in [-0.2, -0.15) is 5.10 Å². The molecule has 6 heteroatoms. The molecule has 0 saturated heterocycles. The SMILES string of the molecule is Cn1ncc(NC2CCCCCC2N)c(Br)c1=O. The van der Waals surface area contributed by atoms with Gasteiger partial charge in [-0.3, -0.25) is 4.79 Å². The summed E-state index contributed by atoms with van der Waals surface area (Å²) in [6.45, 7) is 0. The highest BCUT2D eigenvalue weighted by Crippen LogP contribution is 2.23. The van der Waals surface area contributed by atoms with Crippen LogP contribution in [0.3, 0.4) is 0 Å². The number of anilines is 1. The lowest BCUT2D eigenvalue weighted by Gasteiger charge is -2.24. The molecule has 1 fully saturated rings. The summed E-state index contributed by atoms with van der Waals surface area (Å²) in [5, 5.41) is 7.38. The Labute approximate surface area is 115 Å². The van der Waals surface area contributed by atoms with Gasteiger partial charge in [0.1, 0.15) is 4.47 Å². The molecule has 0 radical (unpaired) electrons.